The molecule has 0 unspecified atom stereocenters. The van der Waals surface area contributed by atoms with E-state index in [1.165, 1.54) is 0 Å². The molecule has 0 radical (unpaired) electrons. The van der Waals surface area contributed by atoms with Gasteiger partial charge < -0.3 is 4.90 Å². The number of hydrogen-bond donors (Lipinski definition) is 0. The zero-order chi connectivity index (χ0) is 20.9. The molecular formula is C21H25ClN2O3S2. The van der Waals surface area contributed by atoms with Crippen LogP contribution in [0.4, 0.5) is 0 Å². The zero-order valence-corrected chi connectivity index (χ0v) is 18.8. The summed E-state index contributed by atoms with van der Waals surface area (Å²) >= 11 is 5.87. The fraction of sp³-hybridized carbons (Fsp3) is 0.381. The second kappa shape index (κ2) is 9.87. The number of unbranched alkanes of at least 4 members (excludes halogenated alkanes) is 1. The zero-order valence-electron chi connectivity index (χ0n) is 16.4. The molecule has 0 N–H and O–H groups in total. The van der Waals surface area contributed by atoms with Crippen molar-refractivity contribution >= 4 is 38.2 Å². The molecule has 8 heteroatoms. The van der Waals surface area contributed by atoms with Gasteiger partial charge in [-0.1, -0.05) is 47.8 Å². The van der Waals surface area contributed by atoms with E-state index >= 15 is 0 Å². The van der Waals surface area contributed by atoms with E-state index in [-0.39, 0.29) is 10.8 Å². The number of aryl methyl sites for hydroxylation is 1. The second-order valence-corrected chi connectivity index (χ2v) is 11.2. The summed E-state index contributed by atoms with van der Waals surface area (Å²) in [7, 11) is -4.27. The number of nitrogens with zero attached hydrogens (tertiary/aromatic N) is 2. The number of amides is 1. The van der Waals surface area contributed by atoms with E-state index in [0.717, 1.165) is 24.8 Å². The van der Waals surface area contributed by atoms with Gasteiger partial charge in [-0.25, -0.2) is 0 Å². The van der Waals surface area contributed by atoms with Crippen molar-refractivity contribution < 1.29 is 13.2 Å². The van der Waals surface area contributed by atoms with Crippen LogP contribution in [0.2, 0.25) is 5.02 Å². The smallest absolute Gasteiger partial charge is 0.287 e. The monoisotopic (exact) mass is 452 g/mol. The molecule has 0 bridgehead atoms. The van der Waals surface area contributed by atoms with Crippen LogP contribution in [-0.4, -0.2) is 43.8 Å². The molecule has 2 aromatic rings. The van der Waals surface area contributed by atoms with E-state index in [1.807, 2.05) is 12.1 Å². The Morgan fingerprint density at radius 3 is 2.28 bits per heavy atom. The number of carbonyl (C=O) groups excluding carboxylic acids is 1. The van der Waals surface area contributed by atoms with Crippen LogP contribution in [0.1, 0.15) is 35.7 Å². The Balaban J connectivity index is 1.63. The summed E-state index contributed by atoms with van der Waals surface area (Å²) in [6, 6.07) is 13.8. The van der Waals surface area contributed by atoms with Crippen LogP contribution in [0.25, 0.3) is 0 Å². The van der Waals surface area contributed by atoms with Crippen molar-refractivity contribution in [3.8, 4) is 0 Å². The van der Waals surface area contributed by atoms with E-state index in [4.69, 9.17) is 11.6 Å². The van der Waals surface area contributed by atoms with Gasteiger partial charge in [0, 0.05) is 35.2 Å². The first kappa shape index (κ1) is 22.0. The largest absolute Gasteiger partial charge is 0.337 e. The Bertz CT molecular complexity index is 978. The van der Waals surface area contributed by atoms with Gasteiger partial charge in [0.15, 0.2) is 0 Å². The van der Waals surface area contributed by atoms with Crippen molar-refractivity contribution in [2.45, 2.75) is 31.1 Å². The maximum absolute atomic E-state index is 12.6. The van der Waals surface area contributed by atoms with Crippen molar-refractivity contribution in [1.82, 2.24) is 4.90 Å². The lowest BCUT2D eigenvalue weighted by atomic mass is 10.1. The van der Waals surface area contributed by atoms with E-state index in [1.54, 1.807) is 41.3 Å². The van der Waals surface area contributed by atoms with Gasteiger partial charge in [0.1, 0.15) is 0 Å². The van der Waals surface area contributed by atoms with Crippen molar-refractivity contribution in [3.63, 3.8) is 0 Å². The molecule has 0 atom stereocenters. The summed E-state index contributed by atoms with van der Waals surface area (Å²) in [5.41, 5.74) is 1.73. The molecule has 0 spiro atoms. The highest BCUT2D eigenvalue weighted by atomic mass is 35.5. The van der Waals surface area contributed by atoms with Crippen LogP contribution in [0.15, 0.2) is 57.2 Å². The molecule has 0 saturated carbocycles. The molecule has 1 fully saturated rings. The molecule has 156 valence electrons. The number of rotatable bonds is 6. The van der Waals surface area contributed by atoms with Crippen molar-refractivity contribution in [1.29, 1.82) is 0 Å². The lowest BCUT2D eigenvalue weighted by Crippen LogP contribution is -2.41. The summed E-state index contributed by atoms with van der Waals surface area (Å²) in [5, 5.41) is 0.587. The molecular weight excluding hydrogens is 428 g/mol. The van der Waals surface area contributed by atoms with Gasteiger partial charge in [-0.3, -0.25) is 4.79 Å². The quantitative estimate of drug-likeness (QED) is 0.655. The Morgan fingerprint density at radius 2 is 1.69 bits per heavy atom. The summed E-state index contributed by atoms with van der Waals surface area (Å²) in [6.45, 7) is 3.13. The predicted octanol–water partition coefficient (Wildman–Crippen LogP) is 4.33. The second-order valence-electron chi connectivity index (χ2n) is 6.97. The average molecular weight is 453 g/mol. The van der Waals surface area contributed by atoms with Gasteiger partial charge in [-0.15, -0.1) is 3.77 Å². The van der Waals surface area contributed by atoms with Crippen LogP contribution in [0, 0.1) is 0 Å². The first-order valence-electron chi connectivity index (χ1n) is 9.68. The molecule has 1 aliphatic heterocycles. The van der Waals surface area contributed by atoms with Crippen molar-refractivity contribution in [3.05, 3.63) is 64.7 Å². The van der Waals surface area contributed by atoms with Gasteiger partial charge in [-0.2, -0.15) is 8.42 Å². The van der Waals surface area contributed by atoms with Gasteiger partial charge in [-0.05, 0) is 54.8 Å². The summed E-state index contributed by atoms with van der Waals surface area (Å²) in [6.07, 6.45) is 3.15. The first-order valence-corrected chi connectivity index (χ1v) is 13.0. The van der Waals surface area contributed by atoms with Crippen LogP contribution in [-0.2, 0) is 27.1 Å². The molecule has 2 aromatic carbocycles. The van der Waals surface area contributed by atoms with Crippen LogP contribution >= 0.6 is 11.6 Å². The van der Waals surface area contributed by atoms with Gasteiger partial charge >= 0.3 is 0 Å². The third-order valence-electron chi connectivity index (χ3n) is 4.82. The first-order chi connectivity index (χ1) is 13.9. The van der Waals surface area contributed by atoms with Crippen molar-refractivity contribution in [2.75, 3.05) is 24.6 Å². The van der Waals surface area contributed by atoms with E-state index in [0.29, 0.717) is 35.2 Å². The molecule has 29 heavy (non-hydrogen) atoms. The lowest BCUT2D eigenvalue weighted by molar-refractivity contribution is 0.0772. The number of carbonyl (C=O) groups is 1. The third kappa shape index (κ3) is 5.90. The number of sulfonamides is 1. The minimum Gasteiger partial charge on any atom is -0.337 e. The predicted molar refractivity (Wildman–Crippen MR) is 119 cm³/mol. The normalized spacial score (nSPS) is 15.3. The van der Waals surface area contributed by atoms with Crippen LogP contribution in [0.3, 0.4) is 0 Å². The summed E-state index contributed by atoms with van der Waals surface area (Å²) < 4.78 is 29.4. The summed E-state index contributed by atoms with van der Waals surface area (Å²) in [5.74, 6) is 1.07. The Morgan fingerprint density at radius 1 is 1.07 bits per heavy atom. The number of benzene rings is 2. The minimum absolute atomic E-state index is 0.0598. The van der Waals surface area contributed by atoms with E-state index in [9.17, 15) is 13.2 Å². The topological polar surface area (TPSA) is 66.8 Å². The molecule has 0 aliphatic carbocycles. The maximum Gasteiger partial charge on any atom is 0.287 e. The minimum atomic E-state index is -3.67. The maximum atomic E-state index is 12.6. The standard InChI is InChI=1S/C21H25ClN2O3S2/c1-2-3-4-17-5-11-20(12-6-17)29(26,27)23-28-15-13-24(14-16-28)21(25)18-7-9-19(22)10-8-18/h5-12H,2-4,13-16H2,1H3. The molecule has 3 rings (SSSR count). The average Bonchev–Trinajstić information content (AvgIpc) is 2.73. The molecule has 1 saturated heterocycles. The highest BCUT2D eigenvalue weighted by Gasteiger charge is 2.22. The number of hydrogen-bond acceptors (Lipinski definition) is 3. The van der Waals surface area contributed by atoms with E-state index < -0.39 is 20.7 Å². The molecule has 5 nitrogen and oxygen atoms in total. The molecule has 1 amide bonds. The van der Waals surface area contributed by atoms with Gasteiger partial charge in [0.2, 0.25) is 0 Å². The van der Waals surface area contributed by atoms with Gasteiger partial charge in [0.25, 0.3) is 15.9 Å². The third-order valence-corrected chi connectivity index (χ3v) is 8.87. The Hall–Kier alpha value is -1.70. The van der Waals surface area contributed by atoms with Gasteiger partial charge in [0.05, 0.1) is 4.90 Å². The Labute approximate surface area is 180 Å². The van der Waals surface area contributed by atoms with Crippen LogP contribution in [0.5, 0.6) is 0 Å². The molecule has 1 aliphatic rings. The van der Waals surface area contributed by atoms with Crippen LogP contribution < -0.4 is 0 Å². The summed E-state index contributed by atoms with van der Waals surface area (Å²) in [4.78, 5) is 14.6. The SMILES string of the molecule is CCCCc1ccc(S(=O)(=O)N=S2CCN(C(=O)c3ccc(Cl)cc3)CC2)cc1. The molecule has 0 aromatic heterocycles. The van der Waals surface area contributed by atoms with E-state index in [2.05, 4.69) is 10.7 Å². The Kier molecular flexibility index (Phi) is 7.49. The molecule has 1 heterocycles. The fourth-order valence-electron chi connectivity index (χ4n) is 3.09. The number of halogens is 1. The van der Waals surface area contributed by atoms with Crippen molar-refractivity contribution in [2.24, 2.45) is 3.77 Å². The highest BCUT2D eigenvalue weighted by Crippen LogP contribution is 2.18. The highest BCUT2D eigenvalue weighted by molar-refractivity contribution is 8.00. The fourth-order valence-corrected chi connectivity index (χ4v) is 6.81. The lowest BCUT2D eigenvalue weighted by Gasteiger charge is -2.28.